The van der Waals surface area contributed by atoms with Crippen molar-refractivity contribution in [3.63, 3.8) is 0 Å². The number of imide groups is 1. The number of amides is 4. The Kier molecular flexibility index (Phi) is 6.79. The van der Waals surface area contributed by atoms with Crippen molar-refractivity contribution >= 4 is 46.2 Å². The third kappa shape index (κ3) is 5.18. The van der Waals surface area contributed by atoms with E-state index in [9.17, 15) is 24.5 Å². The number of anilines is 1. The van der Waals surface area contributed by atoms with Crippen LogP contribution in [0.25, 0.3) is 17.0 Å². The number of hydrogen-bond donors (Lipinski definition) is 2. The highest BCUT2D eigenvalue weighted by atomic mass is 16.6. The van der Waals surface area contributed by atoms with E-state index in [-0.39, 0.29) is 11.4 Å². The van der Waals surface area contributed by atoms with Gasteiger partial charge in [0.2, 0.25) is 5.91 Å². The first-order chi connectivity index (χ1) is 18.8. The van der Waals surface area contributed by atoms with E-state index < -0.39 is 29.3 Å². The van der Waals surface area contributed by atoms with E-state index in [0.29, 0.717) is 23.5 Å². The molecule has 0 atom stereocenters. The number of ether oxygens (including phenoxy) is 1. The number of nitro benzene ring substituents is 1. The predicted molar refractivity (Wildman–Crippen MR) is 144 cm³/mol. The number of urea groups is 1. The van der Waals surface area contributed by atoms with Gasteiger partial charge in [-0.2, -0.15) is 0 Å². The standard InChI is InChI=1S/C28H23N5O6/c1-39-25-12-5-3-10-22(25)29-26(34)17-32-27(35)23(30-28(32)36)14-19-16-31(24-11-4-2-9-21(19)24)15-18-7-6-8-20(13-18)33(37)38/h2-14,16H,15,17H2,1H3,(H,29,34)(H,30,36)/b23-14+. The third-order valence-electron chi connectivity index (χ3n) is 6.24. The van der Waals surface area contributed by atoms with Crippen molar-refractivity contribution in [3.05, 3.63) is 106 Å². The third-order valence-corrected chi connectivity index (χ3v) is 6.24. The van der Waals surface area contributed by atoms with Crippen molar-refractivity contribution in [3.8, 4) is 5.75 Å². The Morgan fingerprint density at radius 2 is 1.85 bits per heavy atom. The van der Waals surface area contributed by atoms with Crippen molar-refractivity contribution in [1.29, 1.82) is 0 Å². The number of rotatable bonds is 8. The monoisotopic (exact) mass is 525 g/mol. The molecule has 4 aromatic rings. The van der Waals surface area contributed by atoms with E-state index in [1.807, 2.05) is 35.0 Å². The molecule has 2 N–H and O–H groups in total. The Labute approximate surface area is 222 Å². The largest absolute Gasteiger partial charge is 0.495 e. The average molecular weight is 526 g/mol. The quantitative estimate of drug-likeness (QED) is 0.154. The van der Waals surface area contributed by atoms with Gasteiger partial charge in [0.1, 0.15) is 18.0 Å². The van der Waals surface area contributed by atoms with E-state index in [2.05, 4.69) is 10.6 Å². The molecule has 1 aliphatic rings. The number of nitrogens with zero attached hydrogens (tertiary/aromatic N) is 3. The lowest BCUT2D eigenvalue weighted by Gasteiger charge is -2.13. The van der Waals surface area contributed by atoms with Gasteiger partial charge in [0.25, 0.3) is 11.6 Å². The number of nitro groups is 1. The van der Waals surface area contributed by atoms with Gasteiger partial charge in [-0.15, -0.1) is 0 Å². The number of nitrogens with one attached hydrogen (secondary N) is 2. The Hall–Kier alpha value is -5.45. The molecule has 3 aromatic carbocycles. The Morgan fingerprint density at radius 3 is 2.64 bits per heavy atom. The number of para-hydroxylation sites is 3. The smallest absolute Gasteiger partial charge is 0.329 e. The highest BCUT2D eigenvalue weighted by Gasteiger charge is 2.35. The lowest BCUT2D eigenvalue weighted by atomic mass is 10.1. The molecule has 1 saturated heterocycles. The lowest BCUT2D eigenvalue weighted by molar-refractivity contribution is -0.384. The number of hydrogen-bond acceptors (Lipinski definition) is 6. The summed E-state index contributed by atoms with van der Waals surface area (Å²) in [5.74, 6) is -0.742. The Balaban J connectivity index is 1.38. The molecular formula is C28H23N5O6. The summed E-state index contributed by atoms with van der Waals surface area (Å²) in [5, 5.41) is 17.2. The van der Waals surface area contributed by atoms with Crippen molar-refractivity contribution < 1.29 is 24.0 Å². The van der Waals surface area contributed by atoms with Gasteiger partial charge in [-0.05, 0) is 29.8 Å². The number of non-ortho nitro benzene ring substituents is 1. The molecule has 2 heterocycles. The van der Waals surface area contributed by atoms with E-state index in [0.717, 1.165) is 21.4 Å². The molecule has 0 bridgehead atoms. The van der Waals surface area contributed by atoms with E-state index in [1.165, 1.54) is 19.2 Å². The van der Waals surface area contributed by atoms with Crippen LogP contribution in [0.5, 0.6) is 5.75 Å². The number of carbonyl (C=O) groups excluding carboxylic acids is 3. The van der Waals surface area contributed by atoms with E-state index >= 15 is 0 Å². The minimum absolute atomic E-state index is 0.000375. The first-order valence-corrected chi connectivity index (χ1v) is 11.9. The fourth-order valence-corrected chi connectivity index (χ4v) is 4.44. The summed E-state index contributed by atoms with van der Waals surface area (Å²) in [6, 6.07) is 20.0. The molecule has 11 heteroatoms. The van der Waals surface area contributed by atoms with Gasteiger partial charge in [-0.3, -0.25) is 19.7 Å². The normalized spacial score (nSPS) is 14.1. The van der Waals surface area contributed by atoms with Crippen LogP contribution >= 0.6 is 0 Å². The molecule has 5 rings (SSSR count). The maximum atomic E-state index is 13.1. The Morgan fingerprint density at radius 1 is 1.08 bits per heavy atom. The van der Waals surface area contributed by atoms with Gasteiger partial charge in [-0.25, -0.2) is 9.69 Å². The van der Waals surface area contributed by atoms with Crippen LogP contribution in [0.3, 0.4) is 0 Å². The molecule has 196 valence electrons. The maximum Gasteiger partial charge on any atom is 0.329 e. The number of aromatic nitrogens is 1. The maximum absolute atomic E-state index is 13.1. The van der Waals surface area contributed by atoms with Crippen molar-refractivity contribution in [2.75, 3.05) is 19.0 Å². The molecule has 11 nitrogen and oxygen atoms in total. The summed E-state index contributed by atoms with van der Waals surface area (Å²) in [5.41, 5.74) is 2.70. The fourth-order valence-electron chi connectivity index (χ4n) is 4.44. The van der Waals surface area contributed by atoms with Crippen LogP contribution in [-0.2, 0) is 16.1 Å². The number of benzene rings is 3. The number of methoxy groups -OCH3 is 1. The van der Waals surface area contributed by atoms with E-state index in [1.54, 1.807) is 42.5 Å². The number of fused-ring (bicyclic) bond motifs is 1. The van der Waals surface area contributed by atoms with Crippen molar-refractivity contribution in [1.82, 2.24) is 14.8 Å². The van der Waals surface area contributed by atoms with Crippen LogP contribution in [0.15, 0.2) is 84.7 Å². The zero-order chi connectivity index (χ0) is 27.5. The summed E-state index contributed by atoms with van der Waals surface area (Å²) in [4.78, 5) is 49.8. The highest BCUT2D eigenvalue weighted by Crippen LogP contribution is 2.27. The average Bonchev–Trinajstić information content (AvgIpc) is 3.40. The summed E-state index contributed by atoms with van der Waals surface area (Å²) in [6.07, 6.45) is 3.37. The van der Waals surface area contributed by atoms with Crippen molar-refractivity contribution in [2.24, 2.45) is 0 Å². The summed E-state index contributed by atoms with van der Waals surface area (Å²) in [7, 11) is 1.47. The number of carbonyl (C=O) groups is 3. The van der Waals surface area contributed by atoms with Crippen molar-refractivity contribution in [2.45, 2.75) is 6.54 Å². The van der Waals surface area contributed by atoms with Gasteiger partial charge in [-0.1, -0.05) is 42.5 Å². The summed E-state index contributed by atoms with van der Waals surface area (Å²) >= 11 is 0. The summed E-state index contributed by atoms with van der Waals surface area (Å²) in [6.45, 7) is -0.116. The molecule has 0 radical (unpaired) electrons. The lowest BCUT2D eigenvalue weighted by Crippen LogP contribution is -2.38. The van der Waals surface area contributed by atoms with Crippen LogP contribution in [0.1, 0.15) is 11.1 Å². The first kappa shape index (κ1) is 25.2. The van der Waals surface area contributed by atoms with Crippen LogP contribution < -0.4 is 15.4 Å². The molecule has 1 aromatic heterocycles. The highest BCUT2D eigenvalue weighted by molar-refractivity contribution is 6.16. The minimum Gasteiger partial charge on any atom is -0.495 e. The van der Waals surface area contributed by atoms with Crippen LogP contribution in [0.4, 0.5) is 16.2 Å². The van der Waals surface area contributed by atoms with Gasteiger partial charge in [0.05, 0.1) is 17.7 Å². The predicted octanol–water partition coefficient (Wildman–Crippen LogP) is 4.14. The molecule has 0 aliphatic carbocycles. The molecule has 0 unspecified atom stereocenters. The van der Waals surface area contributed by atoms with Gasteiger partial charge in [0.15, 0.2) is 0 Å². The summed E-state index contributed by atoms with van der Waals surface area (Å²) < 4.78 is 7.13. The van der Waals surface area contributed by atoms with Crippen LogP contribution in [0.2, 0.25) is 0 Å². The Bertz CT molecular complexity index is 1660. The molecule has 4 amide bonds. The van der Waals surface area contributed by atoms with Gasteiger partial charge >= 0.3 is 6.03 Å². The second-order valence-corrected chi connectivity index (χ2v) is 8.78. The van der Waals surface area contributed by atoms with Gasteiger partial charge < -0.3 is 19.9 Å². The van der Waals surface area contributed by atoms with Crippen LogP contribution in [0, 0.1) is 10.1 Å². The second-order valence-electron chi connectivity index (χ2n) is 8.78. The molecule has 1 fully saturated rings. The fraction of sp³-hybridized carbons (Fsp3) is 0.107. The zero-order valence-electron chi connectivity index (χ0n) is 20.8. The topological polar surface area (TPSA) is 136 Å². The molecular weight excluding hydrogens is 502 g/mol. The van der Waals surface area contributed by atoms with Gasteiger partial charge in [0, 0.05) is 41.3 Å². The molecule has 1 aliphatic heterocycles. The first-order valence-electron chi connectivity index (χ1n) is 11.9. The SMILES string of the molecule is COc1ccccc1NC(=O)CN1C(=O)N/C(=C/c2cn(Cc3cccc([N+](=O)[O-])c3)c3ccccc23)C1=O. The molecule has 0 spiro atoms. The van der Waals surface area contributed by atoms with E-state index in [4.69, 9.17) is 4.74 Å². The second kappa shape index (κ2) is 10.5. The van der Waals surface area contributed by atoms with Crippen LogP contribution in [-0.4, -0.2) is 45.9 Å². The zero-order valence-corrected chi connectivity index (χ0v) is 20.8. The molecule has 39 heavy (non-hydrogen) atoms. The molecule has 0 saturated carbocycles. The minimum atomic E-state index is -0.707.